The van der Waals surface area contributed by atoms with Crippen molar-refractivity contribution < 1.29 is 23.9 Å². The summed E-state index contributed by atoms with van der Waals surface area (Å²) >= 11 is 0. The number of likely N-dealkylation sites (N-methyl/N-ethyl adjacent to an activating group) is 1. The molecule has 7 rings (SSSR count). The van der Waals surface area contributed by atoms with Crippen molar-refractivity contribution in [2.75, 3.05) is 40.5 Å². The average molecular weight is 804 g/mol. The van der Waals surface area contributed by atoms with Gasteiger partial charge in [0.1, 0.15) is 0 Å². The Bertz CT molecular complexity index is 1630. The Balaban J connectivity index is 1.17. The Morgan fingerprint density at radius 1 is 1.02 bits per heavy atom. The summed E-state index contributed by atoms with van der Waals surface area (Å²) in [5.41, 5.74) is 5.27. The number of rotatable bonds is 11. The lowest BCUT2D eigenvalue weighted by Crippen LogP contribution is -2.60. The predicted octanol–water partition coefficient (Wildman–Crippen LogP) is 4.66. The molecule has 58 heavy (non-hydrogen) atoms. The van der Waals surface area contributed by atoms with Crippen LogP contribution in [0.3, 0.4) is 0 Å². The number of hydrogen-bond acceptors (Lipinski definition) is 10. The van der Waals surface area contributed by atoms with Crippen LogP contribution in [0.4, 0.5) is 0 Å². The molecule has 322 valence electrons. The highest BCUT2D eigenvalue weighted by atomic mass is 16.7. The van der Waals surface area contributed by atoms with Gasteiger partial charge in [-0.15, -0.1) is 0 Å². The molecule has 0 aromatic carbocycles. The summed E-state index contributed by atoms with van der Waals surface area (Å²) in [4.78, 5) is 49.1. The fourth-order valence-electron chi connectivity index (χ4n) is 12.1. The van der Waals surface area contributed by atoms with Crippen molar-refractivity contribution in [1.82, 2.24) is 26.6 Å². The molecule has 0 amide bonds. The maximum Gasteiger partial charge on any atom is 0.350 e. The number of allylic oxidation sites excluding steroid dienone is 3. The smallest absolute Gasteiger partial charge is 0.350 e. The molecule has 3 heterocycles. The van der Waals surface area contributed by atoms with Gasteiger partial charge < -0.3 is 36.5 Å². The molecule has 7 aliphatic rings. The third-order valence-corrected chi connectivity index (χ3v) is 15.2. The van der Waals surface area contributed by atoms with Gasteiger partial charge in [-0.25, -0.2) is 4.79 Å². The van der Waals surface area contributed by atoms with Crippen molar-refractivity contribution in [2.45, 2.75) is 140 Å². The van der Waals surface area contributed by atoms with Crippen LogP contribution in [0.1, 0.15) is 111 Å². The highest BCUT2D eigenvalue weighted by Gasteiger charge is 2.87. The van der Waals surface area contributed by atoms with E-state index in [0.29, 0.717) is 49.1 Å². The van der Waals surface area contributed by atoms with E-state index in [4.69, 9.17) is 15.2 Å². The van der Waals surface area contributed by atoms with Crippen LogP contribution in [0.25, 0.3) is 0 Å². The second-order valence-electron chi connectivity index (χ2n) is 19.0. The van der Waals surface area contributed by atoms with Gasteiger partial charge in [-0.3, -0.25) is 19.9 Å². The zero-order valence-electron chi connectivity index (χ0n) is 36.0. The first-order valence-electron chi connectivity index (χ1n) is 22.9. The van der Waals surface area contributed by atoms with E-state index in [-0.39, 0.29) is 54.7 Å². The highest BCUT2D eigenvalue weighted by Crippen LogP contribution is 2.63. The number of Topliss-reactive ketones (excluding diaryl/α,β-unsaturated/α-hetero) is 2. The number of ketones is 2. The van der Waals surface area contributed by atoms with E-state index < -0.39 is 29.0 Å². The molecule has 12 nitrogen and oxygen atoms in total. The normalized spacial score (nSPS) is 40.2. The van der Waals surface area contributed by atoms with Crippen LogP contribution in [0.15, 0.2) is 40.4 Å². The number of piperidine rings is 1. The van der Waals surface area contributed by atoms with Crippen molar-refractivity contribution in [3.8, 4) is 0 Å². The number of esters is 1. The first-order valence-corrected chi connectivity index (χ1v) is 22.9. The molecule has 0 aromatic heterocycles. The number of aliphatic imine (C=N–C) groups is 1. The summed E-state index contributed by atoms with van der Waals surface area (Å²) in [6.07, 6.45) is 22.0. The largest absolute Gasteiger partial charge is 0.463 e. The van der Waals surface area contributed by atoms with Crippen LogP contribution in [0.2, 0.25) is 0 Å². The molecular weight excluding hydrogens is 731 g/mol. The number of fused-ring (bicyclic) bond motifs is 1. The molecule has 3 aliphatic heterocycles. The zero-order chi connectivity index (χ0) is 41.0. The van der Waals surface area contributed by atoms with Crippen molar-refractivity contribution in [3.05, 3.63) is 35.5 Å². The van der Waals surface area contributed by atoms with Crippen LogP contribution in [-0.2, 0) is 23.9 Å². The van der Waals surface area contributed by atoms with E-state index in [1.807, 2.05) is 13.1 Å². The Kier molecular flexibility index (Phi) is 14.0. The van der Waals surface area contributed by atoms with Gasteiger partial charge in [-0.2, -0.15) is 0 Å². The SMILES string of the molecule is CCNC1C=C2C=CCC3CCCCC(C)CC4CCCC5C(=O)C6(CC=C(C)CC(NC(N)=NC)C7CCNC(NCNC)C7)OC6(C(=O)OCC1CC23)C(=O)C45. The number of ether oxygens (including phenoxy) is 2. The minimum atomic E-state index is -1.90. The van der Waals surface area contributed by atoms with Gasteiger partial charge in [0, 0.05) is 50.0 Å². The molecule has 3 saturated heterocycles. The fourth-order valence-corrected chi connectivity index (χ4v) is 12.1. The van der Waals surface area contributed by atoms with Gasteiger partial charge in [-0.1, -0.05) is 69.4 Å². The van der Waals surface area contributed by atoms with Crippen molar-refractivity contribution in [3.63, 3.8) is 0 Å². The summed E-state index contributed by atoms with van der Waals surface area (Å²) in [6, 6.07) is 0.0641. The number of nitrogens with zero attached hydrogens (tertiary/aromatic N) is 1. The summed E-state index contributed by atoms with van der Waals surface area (Å²) < 4.78 is 12.8. The third kappa shape index (κ3) is 8.65. The molecule has 2 saturated carbocycles. The maximum atomic E-state index is 15.1. The maximum absolute atomic E-state index is 15.1. The summed E-state index contributed by atoms with van der Waals surface area (Å²) in [5.74, 6) is 0.388. The van der Waals surface area contributed by atoms with Crippen molar-refractivity contribution >= 4 is 23.5 Å². The fraction of sp³-hybridized carbons (Fsp3) is 0.783. The first-order chi connectivity index (χ1) is 28.0. The van der Waals surface area contributed by atoms with Crippen LogP contribution in [-0.4, -0.2) is 93.4 Å². The molecule has 4 aliphatic carbocycles. The van der Waals surface area contributed by atoms with Crippen LogP contribution in [0, 0.1) is 47.3 Å². The standard InChI is InChI=1S/C46H73N7O5/c1-6-50-37-24-31-14-9-13-30-12-8-7-11-28(2)21-33-15-10-16-35-40(33)42(55)46(43(56)57-26-34(37)23-36(30)31)45(58-46,41(35)54)19-17-29(3)22-38(53-44(47)49-5)32-18-20-51-39(25-32)52-27-48-4/h9,14,17,24,28,30,32-40,48,50-52H,6-8,10-13,15-16,18-23,25-27H2,1-5H3,(H3,47,49,53). The van der Waals surface area contributed by atoms with Gasteiger partial charge in [0.2, 0.25) is 0 Å². The Morgan fingerprint density at radius 2 is 1.83 bits per heavy atom. The highest BCUT2D eigenvalue weighted by molar-refractivity contribution is 6.23. The van der Waals surface area contributed by atoms with Crippen LogP contribution >= 0.6 is 0 Å². The van der Waals surface area contributed by atoms with E-state index in [9.17, 15) is 9.59 Å². The van der Waals surface area contributed by atoms with E-state index >= 15 is 4.79 Å². The second kappa shape index (κ2) is 18.8. The van der Waals surface area contributed by atoms with Crippen molar-refractivity contribution in [1.29, 1.82) is 0 Å². The number of epoxide rings is 1. The number of nitrogens with two attached hydrogens (primary N) is 1. The molecule has 13 unspecified atom stereocenters. The molecule has 7 N–H and O–H groups in total. The van der Waals surface area contributed by atoms with E-state index in [2.05, 4.69) is 70.6 Å². The van der Waals surface area contributed by atoms with Crippen LogP contribution < -0.4 is 32.3 Å². The Hall–Kier alpha value is -2.90. The summed E-state index contributed by atoms with van der Waals surface area (Å²) in [5, 5.41) is 17.4. The number of carbonyl (C=O) groups is 3. The molecule has 13 atom stereocenters. The third-order valence-electron chi connectivity index (χ3n) is 15.2. The van der Waals surface area contributed by atoms with Gasteiger partial charge in [0.05, 0.1) is 12.8 Å². The quantitative estimate of drug-likeness (QED) is 0.0327. The molecule has 5 fully saturated rings. The molecule has 12 heteroatoms. The first kappa shape index (κ1) is 43.2. The summed E-state index contributed by atoms with van der Waals surface area (Å²) in [6.45, 7) is 9.05. The van der Waals surface area contributed by atoms with E-state index in [0.717, 1.165) is 70.0 Å². The number of nitrogens with one attached hydrogen (secondary N) is 5. The minimum Gasteiger partial charge on any atom is -0.463 e. The van der Waals surface area contributed by atoms with Gasteiger partial charge >= 0.3 is 5.97 Å². The Labute approximate surface area is 347 Å². The van der Waals surface area contributed by atoms with Gasteiger partial charge in [0.15, 0.2) is 23.1 Å². The summed E-state index contributed by atoms with van der Waals surface area (Å²) in [7, 11) is 3.61. The van der Waals surface area contributed by atoms with Crippen LogP contribution in [0.5, 0.6) is 0 Å². The predicted molar refractivity (Wildman–Crippen MR) is 228 cm³/mol. The lowest BCUT2D eigenvalue weighted by molar-refractivity contribution is -0.161. The van der Waals surface area contributed by atoms with Gasteiger partial charge in [-0.05, 0) is 120 Å². The lowest BCUT2D eigenvalue weighted by atomic mass is 9.56. The minimum absolute atomic E-state index is 0.00692. The zero-order valence-corrected chi connectivity index (χ0v) is 36.0. The second-order valence-corrected chi connectivity index (χ2v) is 19.0. The number of hydrogen-bond donors (Lipinski definition) is 6. The number of carbonyl (C=O) groups excluding carboxylic acids is 3. The van der Waals surface area contributed by atoms with Crippen molar-refractivity contribution in [2.24, 2.45) is 58.1 Å². The van der Waals surface area contributed by atoms with Gasteiger partial charge in [0.25, 0.3) is 5.60 Å². The lowest BCUT2D eigenvalue weighted by Gasteiger charge is -2.42. The molecule has 1 spiro atoms. The molecule has 0 aromatic rings. The number of guanidine groups is 1. The average Bonchev–Trinajstić information content (AvgIpc) is 3.94. The van der Waals surface area contributed by atoms with E-state index in [1.54, 1.807) is 7.05 Å². The monoisotopic (exact) mass is 804 g/mol. The topological polar surface area (TPSA) is 171 Å². The molecular formula is C46H73N7O5. The number of cyclic esters (lactones) is 1. The Morgan fingerprint density at radius 3 is 2.62 bits per heavy atom. The van der Waals surface area contributed by atoms with E-state index in [1.165, 1.54) is 24.8 Å². The molecule has 0 radical (unpaired) electrons. The molecule has 4 bridgehead atoms.